The third kappa shape index (κ3) is 3.42. The van der Waals surface area contributed by atoms with E-state index in [1.807, 2.05) is 13.8 Å². The average molecular weight is 301 g/mol. The molecule has 0 aliphatic carbocycles. The number of halogens is 1. The monoisotopic (exact) mass is 300 g/mol. The zero-order valence-electron chi connectivity index (χ0n) is 11.3. The molecular formula is C13H17ClN2O2S. The number of rotatable bonds is 6. The lowest BCUT2D eigenvalue weighted by atomic mass is 10.2. The first-order chi connectivity index (χ1) is 9.13. The Morgan fingerprint density at radius 2 is 1.89 bits per heavy atom. The Morgan fingerprint density at radius 3 is 2.63 bits per heavy atom. The summed E-state index contributed by atoms with van der Waals surface area (Å²) in [4.78, 5) is 10.9. The summed E-state index contributed by atoms with van der Waals surface area (Å²) in [6.45, 7) is 8.25. The first-order valence-electron chi connectivity index (χ1n) is 6.21. The fraction of sp³-hybridized carbons (Fsp3) is 0.538. The van der Waals surface area contributed by atoms with Gasteiger partial charge in [0, 0.05) is 11.5 Å². The van der Waals surface area contributed by atoms with Crippen LogP contribution in [0.15, 0.2) is 0 Å². The Labute approximate surface area is 121 Å². The fourth-order valence-corrected chi connectivity index (χ4v) is 3.17. The lowest BCUT2D eigenvalue weighted by molar-refractivity contribution is 0.0429. The van der Waals surface area contributed by atoms with Crippen molar-refractivity contribution in [3.8, 4) is 0 Å². The zero-order valence-corrected chi connectivity index (χ0v) is 12.9. The molecule has 2 rings (SSSR count). The molecule has 0 radical (unpaired) electrons. The van der Waals surface area contributed by atoms with Gasteiger partial charge in [0.1, 0.15) is 16.6 Å². The maximum atomic E-state index is 6.22. The SMILES string of the molecule is CCOCCOCc1nc(Cl)c2c(C)c(C)sc2n1. The van der Waals surface area contributed by atoms with E-state index in [9.17, 15) is 0 Å². The van der Waals surface area contributed by atoms with Gasteiger partial charge in [-0.1, -0.05) is 11.6 Å². The molecule has 2 aromatic heterocycles. The maximum absolute atomic E-state index is 6.22. The molecule has 0 aromatic carbocycles. The number of hydrogen-bond acceptors (Lipinski definition) is 5. The largest absolute Gasteiger partial charge is 0.379 e. The van der Waals surface area contributed by atoms with Gasteiger partial charge in [0.15, 0.2) is 5.82 Å². The highest BCUT2D eigenvalue weighted by Crippen LogP contribution is 2.32. The first-order valence-corrected chi connectivity index (χ1v) is 7.40. The van der Waals surface area contributed by atoms with Gasteiger partial charge in [-0.3, -0.25) is 0 Å². The van der Waals surface area contributed by atoms with Gasteiger partial charge < -0.3 is 9.47 Å². The van der Waals surface area contributed by atoms with E-state index in [-0.39, 0.29) is 0 Å². The minimum absolute atomic E-state index is 0.360. The van der Waals surface area contributed by atoms with E-state index in [4.69, 9.17) is 21.1 Å². The molecule has 19 heavy (non-hydrogen) atoms. The van der Waals surface area contributed by atoms with E-state index in [1.165, 1.54) is 4.88 Å². The van der Waals surface area contributed by atoms with Crippen molar-refractivity contribution in [3.63, 3.8) is 0 Å². The van der Waals surface area contributed by atoms with Gasteiger partial charge in [-0.25, -0.2) is 9.97 Å². The minimum Gasteiger partial charge on any atom is -0.379 e. The summed E-state index contributed by atoms with van der Waals surface area (Å²) in [5, 5.41) is 1.47. The van der Waals surface area contributed by atoms with Gasteiger partial charge in [-0.05, 0) is 26.3 Å². The highest BCUT2D eigenvalue weighted by atomic mass is 35.5. The predicted molar refractivity (Wildman–Crippen MR) is 78.0 cm³/mol. The molecule has 0 N–H and O–H groups in total. The van der Waals surface area contributed by atoms with Crippen molar-refractivity contribution < 1.29 is 9.47 Å². The van der Waals surface area contributed by atoms with E-state index in [2.05, 4.69) is 16.9 Å². The van der Waals surface area contributed by atoms with Crippen LogP contribution in [0.1, 0.15) is 23.2 Å². The second-order valence-electron chi connectivity index (χ2n) is 4.14. The van der Waals surface area contributed by atoms with Crippen LogP contribution in [-0.4, -0.2) is 29.8 Å². The predicted octanol–water partition coefficient (Wildman–Crippen LogP) is 3.51. The average Bonchev–Trinajstić information content (AvgIpc) is 2.65. The number of aromatic nitrogens is 2. The van der Waals surface area contributed by atoms with Crippen LogP contribution >= 0.6 is 22.9 Å². The van der Waals surface area contributed by atoms with E-state index in [1.54, 1.807) is 11.3 Å². The van der Waals surface area contributed by atoms with Crippen molar-refractivity contribution in [1.29, 1.82) is 0 Å². The maximum Gasteiger partial charge on any atom is 0.157 e. The summed E-state index contributed by atoms with van der Waals surface area (Å²) in [6.07, 6.45) is 0. The van der Waals surface area contributed by atoms with Crippen molar-refractivity contribution >= 4 is 33.2 Å². The zero-order chi connectivity index (χ0) is 13.8. The molecule has 104 valence electrons. The van der Waals surface area contributed by atoms with Gasteiger partial charge in [-0.15, -0.1) is 11.3 Å². The quantitative estimate of drug-likeness (QED) is 0.605. The normalized spacial score (nSPS) is 11.4. The first kappa shape index (κ1) is 14.7. The molecule has 0 aliphatic rings. The van der Waals surface area contributed by atoms with Crippen molar-refractivity contribution in [1.82, 2.24) is 9.97 Å². The number of hydrogen-bond donors (Lipinski definition) is 0. The van der Waals surface area contributed by atoms with E-state index in [0.29, 0.717) is 37.4 Å². The van der Waals surface area contributed by atoms with E-state index < -0.39 is 0 Å². The highest BCUT2D eigenvalue weighted by Gasteiger charge is 2.13. The van der Waals surface area contributed by atoms with E-state index in [0.717, 1.165) is 15.8 Å². The molecule has 0 fully saturated rings. The Bertz CT molecular complexity index is 571. The third-order valence-corrected chi connectivity index (χ3v) is 4.21. The second kappa shape index (κ2) is 6.61. The molecule has 6 heteroatoms. The smallest absolute Gasteiger partial charge is 0.157 e. The van der Waals surface area contributed by atoms with Gasteiger partial charge >= 0.3 is 0 Å². The number of nitrogens with zero attached hydrogens (tertiary/aromatic N) is 2. The third-order valence-electron chi connectivity index (χ3n) is 2.84. The highest BCUT2D eigenvalue weighted by molar-refractivity contribution is 7.18. The standard InChI is InChI=1S/C13H17ClN2O2S/c1-4-17-5-6-18-7-10-15-12(14)11-8(2)9(3)19-13(11)16-10/h4-7H2,1-3H3. The van der Waals surface area contributed by atoms with Gasteiger partial charge in [0.05, 0.1) is 18.6 Å². The van der Waals surface area contributed by atoms with Gasteiger partial charge in [0.25, 0.3) is 0 Å². The Kier molecular flexibility index (Phi) is 5.10. The lowest BCUT2D eigenvalue weighted by Crippen LogP contribution is -2.06. The van der Waals surface area contributed by atoms with Gasteiger partial charge in [-0.2, -0.15) is 0 Å². The summed E-state index contributed by atoms with van der Waals surface area (Å²) in [7, 11) is 0. The second-order valence-corrected chi connectivity index (χ2v) is 5.70. The van der Waals surface area contributed by atoms with Crippen LogP contribution in [0.5, 0.6) is 0 Å². The van der Waals surface area contributed by atoms with Crippen molar-refractivity contribution in [2.45, 2.75) is 27.4 Å². The van der Waals surface area contributed by atoms with Crippen molar-refractivity contribution in [3.05, 3.63) is 21.4 Å². The molecule has 0 aliphatic heterocycles. The molecule has 0 spiro atoms. The van der Waals surface area contributed by atoms with Crippen molar-refractivity contribution in [2.24, 2.45) is 0 Å². The Hall–Kier alpha value is -0.750. The number of fused-ring (bicyclic) bond motifs is 1. The number of thiophene rings is 1. The van der Waals surface area contributed by atoms with Gasteiger partial charge in [0.2, 0.25) is 0 Å². The summed E-state index contributed by atoms with van der Waals surface area (Å²) in [5.41, 5.74) is 1.16. The molecule has 0 saturated carbocycles. The Balaban J connectivity index is 2.08. The number of aryl methyl sites for hydroxylation is 2. The molecule has 0 saturated heterocycles. The van der Waals surface area contributed by atoms with Crippen LogP contribution < -0.4 is 0 Å². The molecule has 4 nitrogen and oxygen atoms in total. The molecular weight excluding hydrogens is 284 g/mol. The fourth-order valence-electron chi connectivity index (χ4n) is 1.73. The molecule has 0 unspecified atom stereocenters. The van der Waals surface area contributed by atoms with Crippen LogP contribution in [0.2, 0.25) is 5.15 Å². The summed E-state index contributed by atoms with van der Waals surface area (Å²) >= 11 is 7.86. The van der Waals surface area contributed by atoms with Crippen molar-refractivity contribution in [2.75, 3.05) is 19.8 Å². The summed E-state index contributed by atoms with van der Waals surface area (Å²) < 4.78 is 10.7. The van der Waals surface area contributed by atoms with Crippen LogP contribution in [0.25, 0.3) is 10.2 Å². The molecule has 2 aromatic rings. The number of ether oxygens (including phenoxy) is 2. The van der Waals surface area contributed by atoms with Crippen LogP contribution in [-0.2, 0) is 16.1 Å². The molecule has 0 amide bonds. The molecule has 0 bridgehead atoms. The molecule has 0 atom stereocenters. The summed E-state index contributed by atoms with van der Waals surface area (Å²) in [5.74, 6) is 0.621. The Morgan fingerprint density at radius 1 is 1.16 bits per heavy atom. The van der Waals surface area contributed by atoms with Crippen LogP contribution in [0.3, 0.4) is 0 Å². The molecule has 2 heterocycles. The lowest BCUT2D eigenvalue weighted by Gasteiger charge is -2.04. The minimum atomic E-state index is 0.360. The topological polar surface area (TPSA) is 44.2 Å². The summed E-state index contributed by atoms with van der Waals surface area (Å²) in [6, 6.07) is 0. The van der Waals surface area contributed by atoms with E-state index >= 15 is 0 Å². The van der Waals surface area contributed by atoms with Crippen LogP contribution in [0, 0.1) is 13.8 Å². The van der Waals surface area contributed by atoms with Crippen LogP contribution in [0.4, 0.5) is 0 Å².